The molecule has 1 aliphatic rings. The van der Waals surface area contributed by atoms with Crippen LogP contribution in [0.3, 0.4) is 0 Å². The second kappa shape index (κ2) is 4.52. The van der Waals surface area contributed by atoms with E-state index in [9.17, 15) is 4.79 Å². The average molecular weight is 259 g/mol. The molecule has 1 fully saturated rings. The normalized spacial score (nSPS) is 20.1. The molecule has 2 rings (SSSR count). The Hall–Kier alpha value is -0.930. The van der Waals surface area contributed by atoms with E-state index in [1.165, 1.54) is 0 Å². The summed E-state index contributed by atoms with van der Waals surface area (Å²) >= 11 is 11.8. The molecule has 1 aromatic rings. The molecule has 1 saturated heterocycles. The van der Waals surface area contributed by atoms with E-state index in [-0.39, 0.29) is 12.1 Å². The van der Waals surface area contributed by atoms with Gasteiger partial charge in [0.25, 0.3) is 0 Å². The third kappa shape index (κ3) is 2.11. The van der Waals surface area contributed by atoms with E-state index in [2.05, 4.69) is 5.32 Å². The second-order valence-electron chi connectivity index (χ2n) is 3.71. The maximum absolute atomic E-state index is 11.5. The lowest BCUT2D eigenvalue weighted by Crippen LogP contribution is -2.27. The molecule has 0 bridgehead atoms. The van der Waals surface area contributed by atoms with Crippen LogP contribution in [-0.2, 0) is 0 Å². The molecule has 0 aliphatic carbocycles. The summed E-state index contributed by atoms with van der Waals surface area (Å²) in [5.41, 5.74) is 0.985. The largest absolute Gasteiger partial charge is 0.329 e. The minimum Gasteiger partial charge on any atom is -0.329 e. The summed E-state index contributed by atoms with van der Waals surface area (Å²) in [7, 11) is 0. The van der Waals surface area contributed by atoms with Crippen molar-refractivity contribution in [3.8, 4) is 0 Å². The second-order valence-corrected chi connectivity index (χ2v) is 4.53. The first-order valence-corrected chi connectivity index (χ1v) is 5.87. The number of amides is 2. The van der Waals surface area contributed by atoms with Crippen LogP contribution in [0.1, 0.15) is 18.5 Å². The number of rotatable bonds is 2. The van der Waals surface area contributed by atoms with Crippen molar-refractivity contribution in [2.24, 2.45) is 0 Å². The molecule has 1 unspecified atom stereocenters. The van der Waals surface area contributed by atoms with E-state index >= 15 is 0 Å². The van der Waals surface area contributed by atoms with Gasteiger partial charge in [0.05, 0.1) is 16.1 Å². The molecule has 0 spiro atoms. The summed E-state index contributed by atoms with van der Waals surface area (Å²) in [4.78, 5) is 13.3. The fraction of sp³-hybridized carbons (Fsp3) is 0.364. The summed E-state index contributed by atoms with van der Waals surface area (Å²) in [6.45, 7) is 3.34. The number of likely N-dealkylation sites (N-methyl/N-ethyl adjacent to an activating group) is 1. The zero-order valence-electron chi connectivity index (χ0n) is 8.84. The SMILES string of the molecule is CCN1CC(c2ccc(Cl)c(Cl)c2)NC1=O. The molecule has 3 nitrogen and oxygen atoms in total. The Labute approximate surface area is 104 Å². The van der Waals surface area contributed by atoms with E-state index < -0.39 is 0 Å². The lowest BCUT2D eigenvalue weighted by Gasteiger charge is -2.12. The number of benzene rings is 1. The number of hydrogen-bond donors (Lipinski definition) is 1. The van der Waals surface area contributed by atoms with Crippen LogP contribution in [0.25, 0.3) is 0 Å². The smallest absolute Gasteiger partial charge is 0.318 e. The molecule has 0 radical (unpaired) electrons. The topological polar surface area (TPSA) is 32.3 Å². The van der Waals surface area contributed by atoms with Crippen LogP contribution in [0.4, 0.5) is 4.79 Å². The third-order valence-corrected chi connectivity index (χ3v) is 3.45. The van der Waals surface area contributed by atoms with Crippen LogP contribution in [0.5, 0.6) is 0 Å². The van der Waals surface area contributed by atoms with Gasteiger partial charge in [-0.2, -0.15) is 0 Å². The fourth-order valence-corrected chi connectivity index (χ4v) is 2.09. The monoisotopic (exact) mass is 258 g/mol. The van der Waals surface area contributed by atoms with Gasteiger partial charge in [-0.25, -0.2) is 4.79 Å². The number of halogens is 2. The minimum atomic E-state index is -0.0291. The number of nitrogens with one attached hydrogen (secondary N) is 1. The van der Waals surface area contributed by atoms with E-state index in [4.69, 9.17) is 23.2 Å². The zero-order chi connectivity index (χ0) is 11.7. The Balaban J connectivity index is 2.20. The van der Waals surface area contributed by atoms with Crippen LogP contribution in [0.15, 0.2) is 18.2 Å². The molecule has 0 aromatic heterocycles. The van der Waals surface area contributed by atoms with Crippen LogP contribution in [0, 0.1) is 0 Å². The van der Waals surface area contributed by atoms with Crippen molar-refractivity contribution in [3.63, 3.8) is 0 Å². The van der Waals surface area contributed by atoms with E-state index in [1.807, 2.05) is 13.0 Å². The van der Waals surface area contributed by atoms with Gasteiger partial charge in [0.15, 0.2) is 0 Å². The van der Waals surface area contributed by atoms with Gasteiger partial charge in [0, 0.05) is 13.1 Å². The van der Waals surface area contributed by atoms with Gasteiger partial charge >= 0.3 is 6.03 Å². The number of nitrogens with zero attached hydrogens (tertiary/aromatic N) is 1. The van der Waals surface area contributed by atoms with E-state index in [1.54, 1.807) is 17.0 Å². The van der Waals surface area contributed by atoms with Gasteiger partial charge in [-0.3, -0.25) is 0 Å². The lowest BCUT2D eigenvalue weighted by molar-refractivity contribution is 0.219. The van der Waals surface area contributed by atoms with Crippen molar-refractivity contribution in [1.29, 1.82) is 0 Å². The Morgan fingerprint density at radius 1 is 1.44 bits per heavy atom. The van der Waals surface area contributed by atoms with Gasteiger partial charge in [-0.15, -0.1) is 0 Å². The Bertz CT molecular complexity index is 422. The molecule has 86 valence electrons. The molecule has 1 aromatic carbocycles. The highest BCUT2D eigenvalue weighted by Gasteiger charge is 2.28. The molecule has 0 saturated carbocycles. The molecule has 5 heteroatoms. The van der Waals surface area contributed by atoms with Crippen LogP contribution in [0.2, 0.25) is 10.0 Å². The summed E-state index contributed by atoms with van der Waals surface area (Å²) in [6.07, 6.45) is 0. The van der Waals surface area contributed by atoms with Gasteiger partial charge in [-0.05, 0) is 24.6 Å². The average Bonchev–Trinajstić information content (AvgIpc) is 2.64. The number of carbonyl (C=O) groups is 1. The van der Waals surface area contributed by atoms with Crippen LogP contribution in [-0.4, -0.2) is 24.0 Å². The predicted octanol–water partition coefficient (Wildman–Crippen LogP) is 3.08. The van der Waals surface area contributed by atoms with Crippen LogP contribution >= 0.6 is 23.2 Å². The molecule has 1 N–H and O–H groups in total. The molecular weight excluding hydrogens is 247 g/mol. The van der Waals surface area contributed by atoms with E-state index in [0.717, 1.165) is 5.56 Å². The maximum Gasteiger partial charge on any atom is 0.318 e. The lowest BCUT2D eigenvalue weighted by atomic mass is 10.1. The first-order valence-electron chi connectivity index (χ1n) is 5.12. The first-order chi connectivity index (χ1) is 7.61. The number of urea groups is 1. The van der Waals surface area contributed by atoms with Gasteiger partial charge in [0.2, 0.25) is 0 Å². The Morgan fingerprint density at radius 2 is 2.19 bits per heavy atom. The van der Waals surface area contributed by atoms with E-state index in [0.29, 0.717) is 23.1 Å². The highest BCUT2D eigenvalue weighted by Crippen LogP contribution is 2.27. The highest BCUT2D eigenvalue weighted by molar-refractivity contribution is 6.42. The van der Waals surface area contributed by atoms with Gasteiger partial charge in [-0.1, -0.05) is 29.3 Å². The molecule has 1 atom stereocenters. The van der Waals surface area contributed by atoms with Crippen molar-refractivity contribution >= 4 is 29.2 Å². The quantitative estimate of drug-likeness (QED) is 0.869. The van der Waals surface area contributed by atoms with Crippen molar-refractivity contribution in [1.82, 2.24) is 10.2 Å². The maximum atomic E-state index is 11.5. The van der Waals surface area contributed by atoms with Gasteiger partial charge in [0.1, 0.15) is 0 Å². The summed E-state index contributed by atoms with van der Waals surface area (Å²) in [5, 5.41) is 3.95. The van der Waals surface area contributed by atoms with Crippen molar-refractivity contribution in [3.05, 3.63) is 33.8 Å². The third-order valence-electron chi connectivity index (χ3n) is 2.72. The molecule has 1 heterocycles. The standard InChI is InChI=1S/C11H12Cl2N2O/c1-2-15-6-10(14-11(15)16)7-3-4-8(12)9(13)5-7/h3-5,10H,2,6H2,1H3,(H,14,16). The van der Waals surface area contributed by atoms with Crippen molar-refractivity contribution in [2.45, 2.75) is 13.0 Å². The molecular formula is C11H12Cl2N2O. The Morgan fingerprint density at radius 3 is 2.75 bits per heavy atom. The zero-order valence-corrected chi connectivity index (χ0v) is 10.3. The summed E-state index contributed by atoms with van der Waals surface area (Å²) < 4.78 is 0. The van der Waals surface area contributed by atoms with Crippen molar-refractivity contribution in [2.75, 3.05) is 13.1 Å². The minimum absolute atomic E-state index is 0.00205. The molecule has 1 aliphatic heterocycles. The molecule has 16 heavy (non-hydrogen) atoms. The summed E-state index contributed by atoms with van der Waals surface area (Å²) in [6, 6.07) is 5.41. The number of hydrogen-bond acceptors (Lipinski definition) is 1. The van der Waals surface area contributed by atoms with Gasteiger partial charge < -0.3 is 10.2 Å². The Kier molecular flexibility index (Phi) is 3.26. The van der Waals surface area contributed by atoms with Crippen molar-refractivity contribution < 1.29 is 4.79 Å². The number of carbonyl (C=O) groups excluding carboxylic acids is 1. The predicted molar refractivity (Wildman–Crippen MR) is 65.0 cm³/mol. The summed E-state index contributed by atoms with van der Waals surface area (Å²) in [5.74, 6) is 0. The molecule has 2 amide bonds. The highest BCUT2D eigenvalue weighted by atomic mass is 35.5. The first kappa shape index (κ1) is 11.6. The van der Waals surface area contributed by atoms with Crippen LogP contribution < -0.4 is 5.32 Å². The fourth-order valence-electron chi connectivity index (χ4n) is 1.78.